The molecule has 4 rings (SSSR count). The van der Waals surface area contributed by atoms with E-state index in [0.29, 0.717) is 17.1 Å². The number of hydrogen-bond donors (Lipinski definition) is 1. The van der Waals surface area contributed by atoms with Gasteiger partial charge in [-0.1, -0.05) is 31.2 Å². The number of carbonyl (C=O) groups is 1. The van der Waals surface area contributed by atoms with Crippen LogP contribution in [0.2, 0.25) is 0 Å². The number of amides is 1. The fraction of sp³-hybridized carbons (Fsp3) is 0.227. The molecule has 7 heteroatoms. The summed E-state index contributed by atoms with van der Waals surface area (Å²) in [6.07, 6.45) is 2.61. The van der Waals surface area contributed by atoms with Gasteiger partial charge in [-0.05, 0) is 66.1 Å². The first-order valence-corrected chi connectivity index (χ1v) is 11.9. The first-order chi connectivity index (χ1) is 14.0. The van der Waals surface area contributed by atoms with Crippen LogP contribution in [0.25, 0.3) is 0 Å². The van der Waals surface area contributed by atoms with Gasteiger partial charge in [0.05, 0.1) is 15.5 Å². The number of aryl methyl sites for hydroxylation is 2. The lowest BCUT2D eigenvalue weighted by molar-refractivity contribution is 0.0989. The highest BCUT2D eigenvalue weighted by molar-refractivity contribution is 7.92. The Morgan fingerprint density at radius 2 is 1.93 bits per heavy atom. The van der Waals surface area contributed by atoms with E-state index in [4.69, 9.17) is 0 Å². The second-order valence-corrected chi connectivity index (χ2v) is 9.61. The van der Waals surface area contributed by atoms with E-state index >= 15 is 0 Å². The normalized spacial score (nSPS) is 13.8. The number of hydrogen-bond acceptors (Lipinski definition) is 4. The van der Waals surface area contributed by atoms with Gasteiger partial charge in [0.15, 0.2) is 0 Å². The van der Waals surface area contributed by atoms with Crippen LogP contribution in [0.15, 0.2) is 64.9 Å². The Morgan fingerprint density at radius 1 is 1.14 bits per heavy atom. The summed E-state index contributed by atoms with van der Waals surface area (Å²) < 4.78 is 28.2. The molecule has 0 spiro atoms. The Hall–Kier alpha value is -2.64. The molecule has 1 N–H and O–H groups in total. The van der Waals surface area contributed by atoms with E-state index in [1.807, 2.05) is 42.6 Å². The van der Waals surface area contributed by atoms with E-state index in [0.717, 1.165) is 36.1 Å². The lowest BCUT2D eigenvalue weighted by Gasteiger charge is -2.29. The first kappa shape index (κ1) is 19.7. The summed E-state index contributed by atoms with van der Waals surface area (Å²) >= 11 is 1.41. The average Bonchev–Trinajstić information content (AvgIpc) is 3.27. The molecule has 1 aliphatic rings. The molecule has 2 aromatic carbocycles. The predicted molar refractivity (Wildman–Crippen MR) is 117 cm³/mol. The Kier molecular flexibility index (Phi) is 5.43. The zero-order valence-corrected chi connectivity index (χ0v) is 17.7. The van der Waals surface area contributed by atoms with E-state index in [9.17, 15) is 13.2 Å². The molecule has 0 fully saturated rings. The molecule has 1 aromatic heterocycles. The molecule has 0 aliphatic carbocycles. The summed E-state index contributed by atoms with van der Waals surface area (Å²) in [5, 5.41) is 1.88. The number of nitrogens with zero attached hydrogens (tertiary/aromatic N) is 1. The van der Waals surface area contributed by atoms with Gasteiger partial charge in [-0.25, -0.2) is 8.42 Å². The monoisotopic (exact) mass is 426 g/mol. The number of fused-ring (bicyclic) bond motifs is 1. The van der Waals surface area contributed by atoms with Gasteiger partial charge >= 0.3 is 0 Å². The third kappa shape index (κ3) is 4.06. The molecule has 29 heavy (non-hydrogen) atoms. The highest BCUT2D eigenvalue weighted by Crippen LogP contribution is 2.32. The predicted octanol–water partition coefficient (Wildman–Crippen LogP) is 4.70. The second kappa shape index (κ2) is 8.00. The number of benzene rings is 2. The lowest BCUT2D eigenvalue weighted by atomic mass is 10.0. The molecule has 0 saturated heterocycles. The number of thiophene rings is 1. The first-order valence-electron chi connectivity index (χ1n) is 9.58. The maximum atomic E-state index is 12.9. The lowest BCUT2D eigenvalue weighted by Crippen LogP contribution is -2.35. The van der Waals surface area contributed by atoms with Gasteiger partial charge < -0.3 is 4.90 Å². The van der Waals surface area contributed by atoms with Gasteiger partial charge in [0.2, 0.25) is 0 Å². The maximum absolute atomic E-state index is 12.9. The second-order valence-electron chi connectivity index (χ2n) is 6.98. The van der Waals surface area contributed by atoms with Crippen molar-refractivity contribution in [3.63, 3.8) is 0 Å². The molecular weight excluding hydrogens is 404 g/mol. The fourth-order valence-electron chi connectivity index (χ4n) is 3.50. The van der Waals surface area contributed by atoms with Crippen LogP contribution in [0.1, 0.15) is 34.1 Å². The quantitative estimate of drug-likeness (QED) is 0.643. The number of sulfonamides is 1. The van der Waals surface area contributed by atoms with Crippen molar-refractivity contribution in [1.29, 1.82) is 0 Å². The number of rotatable bonds is 5. The topological polar surface area (TPSA) is 66.5 Å². The van der Waals surface area contributed by atoms with Gasteiger partial charge in [0, 0.05) is 12.2 Å². The highest BCUT2D eigenvalue weighted by Gasteiger charge is 2.25. The Balaban J connectivity index is 1.63. The van der Waals surface area contributed by atoms with Gasteiger partial charge in [0.25, 0.3) is 15.9 Å². The highest BCUT2D eigenvalue weighted by atomic mass is 32.2. The van der Waals surface area contributed by atoms with E-state index in [-0.39, 0.29) is 10.8 Å². The summed E-state index contributed by atoms with van der Waals surface area (Å²) in [7, 11) is -3.70. The Morgan fingerprint density at radius 3 is 2.62 bits per heavy atom. The third-order valence-electron chi connectivity index (χ3n) is 5.08. The zero-order chi connectivity index (χ0) is 20.4. The van der Waals surface area contributed by atoms with Crippen molar-refractivity contribution >= 4 is 38.6 Å². The molecular formula is C22H22N2O3S2. The summed E-state index contributed by atoms with van der Waals surface area (Å²) in [6, 6.07) is 16.0. The summed E-state index contributed by atoms with van der Waals surface area (Å²) in [5.74, 6) is -0.0453. The molecule has 1 aliphatic heterocycles. The van der Waals surface area contributed by atoms with Crippen LogP contribution in [0.3, 0.4) is 0 Å². The number of nitrogens with one attached hydrogen (secondary N) is 1. The Bertz CT molecular complexity index is 1120. The van der Waals surface area contributed by atoms with Crippen molar-refractivity contribution in [2.75, 3.05) is 16.2 Å². The van der Waals surface area contributed by atoms with Gasteiger partial charge in [-0.2, -0.15) is 0 Å². The minimum atomic E-state index is -3.70. The molecule has 1 amide bonds. The molecule has 0 bridgehead atoms. The van der Waals surface area contributed by atoms with Crippen molar-refractivity contribution < 1.29 is 13.2 Å². The van der Waals surface area contributed by atoms with Crippen LogP contribution < -0.4 is 9.62 Å². The third-order valence-corrected chi connectivity index (χ3v) is 7.33. The van der Waals surface area contributed by atoms with Crippen LogP contribution in [-0.2, 0) is 22.9 Å². The SMILES string of the molecule is CCc1ccc(S(=O)(=O)Nc2ccc3c(c2)N(C(=O)c2cccs2)CCC3)cc1. The molecule has 0 unspecified atom stereocenters. The van der Waals surface area contributed by atoms with Crippen LogP contribution in [0.4, 0.5) is 11.4 Å². The van der Waals surface area contributed by atoms with Gasteiger partial charge in [0.1, 0.15) is 0 Å². The van der Waals surface area contributed by atoms with Crippen molar-refractivity contribution in [1.82, 2.24) is 0 Å². The smallest absolute Gasteiger partial charge is 0.268 e. The molecule has 0 atom stereocenters. The van der Waals surface area contributed by atoms with Crippen LogP contribution in [-0.4, -0.2) is 20.9 Å². The van der Waals surface area contributed by atoms with Crippen LogP contribution >= 0.6 is 11.3 Å². The molecule has 0 radical (unpaired) electrons. The standard InChI is InChI=1S/C22H22N2O3S2/c1-2-16-7-11-19(12-8-16)29(26,27)23-18-10-9-17-5-3-13-24(20(17)15-18)22(25)21-6-4-14-28-21/h4,6-12,14-15,23H,2-3,5,13H2,1H3. The molecule has 0 saturated carbocycles. The van der Waals surface area contributed by atoms with E-state index in [2.05, 4.69) is 4.72 Å². The number of carbonyl (C=O) groups excluding carboxylic acids is 1. The van der Waals surface area contributed by atoms with Crippen LogP contribution in [0.5, 0.6) is 0 Å². The minimum Gasteiger partial charge on any atom is -0.307 e. The van der Waals surface area contributed by atoms with E-state index in [1.165, 1.54) is 11.3 Å². The molecule has 2 heterocycles. The average molecular weight is 427 g/mol. The van der Waals surface area contributed by atoms with Crippen molar-refractivity contribution in [2.45, 2.75) is 31.1 Å². The van der Waals surface area contributed by atoms with E-state index < -0.39 is 10.0 Å². The molecule has 150 valence electrons. The molecule has 5 nitrogen and oxygen atoms in total. The van der Waals surface area contributed by atoms with Gasteiger partial charge in [-0.3, -0.25) is 9.52 Å². The summed E-state index contributed by atoms with van der Waals surface area (Å²) in [5.41, 5.74) is 3.36. The maximum Gasteiger partial charge on any atom is 0.268 e. The van der Waals surface area contributed by atoms with E-state index in [1.54, 1.807) is 29.2 Å². The summed E-state index contributed by atoms with van der Waals surface area (Å²) in [4.78, 5) is 15.5. The van der Waals surface area contributed by atoms with Crippen molar-refractivity contribution in [2.24, 2.45) is 0 Å². The molecule has 3 aromatic rings. The van der Waals surface area contributed by atoms with Crippen LogP contribution in [0, 0.1) is 0 Å². The Labute approximate surface area is 175 Å². The van der Waals surface area contributed by atoms with Crippen molar-refractivity contribution in [3.05, 3.63) is 76.0 Å². The zero-order valence-electron chi connectivity index (χ0n) is 16.1. The summed E-state index contributed by atoms with van der Waals surface area (Å²) in [6.45, 7) is 2.65. The number of anilines is 2. The van der Waals surface area contributed by atoms with Crippen molar-refractivity contribution in [3.8, 4) is 0 Å². The fourth-order valence-corrected chi connectivity index (χ4v) is 5.22. The van der Waals surface area contributed by atoms with Gasteiger partial charge in [-0.15, -0.1) is 11.3 Å². The largest absolute Gasteiger partial charge is 0.307 e. The minimum absolute atomic E-state index is 0.0453.